The summed E-state index contributed by atoms with van der Waals surface area (Å²) in [6.45, 7) is 3.26. The predicted molar refractivity (Wildman–Crippen MR) is 115 cm³/mol. The zero-order chi connectivity index (χ0) is 20.4. The smallest absolute Gasteiger partial charge is 0.341 e. The van der Waals surface area contributed by atoms with E-state index >= 15 is 0 Å². The average Bonchev–Trinajstić information content (AvgIpc) is 3.01. The molecular weight excluding hydrogens is 394 g/mol. The number of methoxy groups -OCH3 is 1. The van der Waals surface area contributed by atoms with Crippen molar-refractivity contribution in [2.75, 3.05) is 33.1 Å². The predicted octanol–water partition coefficient (Wildman–Crippen LogP) is 3.30. The van der Waals surface area contributed by atoms with Gasteiger partial charge in [-0.1, -0.05) is 24.3 Å². The Balaban J connectivity index is 1.87. The maximum atomic E-state index is 12.5. The molecule has 3 rings (SSSR count). The number of thiocarbonyl (C=S) groups is 1. The van der Waals surface area contributed by atoms with Gasteiger partial charge in [0.25, 0.3) is 5.91 Å². The molecule has 1 N–H and O–H groups in total. The van der Waals surface area contributed by atoms with Crippen LogP contribution in [0.2, 0.25) is 0 Å². The van der Waals surface area contributed by atoms with Crippen LogP contribution in [0.1, 0.15) is 36.7 Å². The summed E-state index contributed by atoms with van der Waals surface area (Å²) in [6, 6.07) is 8.31. The van der Waals surface area contributed by atoms with Gasteiger partial charge in [-0.2, -0.15) is 0 Å². The molecule has 1 amide bonds. The summed E-state index contributed by atoms with van der Waals surface area (Å²) in [5, 5.41) is 4.26. The van der Waals surface area contributed by atoms with Crippen LogP contribution in [-0.2, 0) is 17.7 Å². The Bertz CT molecular complexity index is 937. The number of thiophene rings is 1. The Labute approximate surface area is 174 Å². The number of amides is 1. The number of hydrogen-bond acceptors (Lipinski definition) is 5. The van der Waals surface area contributed by atoms with E-state index in [0.717, 1.165) is 13.0 Å². The first-order valence-corrected chi connectivity index (χ1v) is 10.1. The number of esters is 1. The van der Waals surface area contributed by atoms with Crippen LogP contribution in [0, 0.1) is 6.92 Å². The molecule has 0 aliphatic carbocycles. The van der Waals surface area contributed by atoms with Crippen molar-refractivity contribution in [2.45, 2.75) is 19.9 Å². The molecule has 0 atom stereocenters. The van der Waals surface area contributed by atoms with Crippen molar-refractivity contribution in [3.8, 4) is 0 Å². The number of ether oxygens (including phenoxy) is 1. The van der Waals surface area contributed by atoms with Crippen molar-refractivity contribution < 1.29 is 14.3 Å². The van der Waals surface area contributed by atoms with E-state index in [4.69, 9.17) is 17.0 Å². The first kappa shape index (κ1) is 20.3. The summed E-state index contributed by atoms with van der Waals surface area (Å²) in [5.74, 6) is -0.639. The average molecular weight is 418 g/mol. The van der Waals surface area contributed by atoms with Crippen LogP contribution in [0.3, 0.4) is 0 Å². The summed E-state index contributed by atoms with van der Waals surface area (Å²) < 4.78 is 4.93. The molecule has 0 bridgehead atoms. The highest BCUT2D eigenvalue weighted by Crippen LogP contribution is 2.35. The van der Waals surface area contributed by atoms with Crippen LogP contribution in [0.15, 0.2) is 24.3 Å². The first-order chi connectivity index (χ1) is 13.3. The fraction of sp³-hybridized carbons (Fsp3) is 0.350. The van der Waals surface area contributed by atoms with Crippen LogP contribution in [-0.4, -0.2) is 54.5 Å². The molecular formula is C20H23N3O3S2. The normalized spacial score (nSPS) is 12.9. The quantitative estimate of drug-likeness (QED) is 0.611. The third-order valence-corrected chi connectivity index (χ3v) is 6.33. The van der Waals surface area contributed by atoms with Crippen molar-refractivity contribution in [3.63, 3.8) is 0 Å². The number of carbonyl (C=O) groups excluding carboxylic acids is 2. The molecule has 1 aliphatic rings. The molecule has 0 spiro atoms. The zero-order valence-electron chi connectivity index (χ0n) is 16.4. The van der Waals surface area contributed by atoms with E-state index in [9.17, 15) is 9.59 Å². The Morgan fingerprint density at radius 3 is 2.57 bits per heavy atom. The largest absolute Gasteiger partial charge is 0.465 e. The minimum Gasteiger partial charge on any atom is -0.465 e. The Kier molecular flexibility index (Phi) is 6.00. The van der Waals surface area contributed by atoms with Gasteiger partial charge >= 0.3 is 5.97 Å². The number of nitrogens with one attached hydrogen (secondary N) is 1. The van der Waals surface area contributed by atoms with Gasteiger partial charge < -0.3 is 19.9 Å². The minimum atomic E-state index is -0.485. The summed E-state index contributed by atoms with van der Waals surface area (Å²) in [4.78, 5) is 28.9. The number of anilines is 1. The van der Waals surface area contributed by atoms with Crippen molar-refractivity contribution >= 4 is 45.5 Å². The molecule has 1 aromatic heterocycles. The van der Waals surface area contributed by atoms with Crippen molar-refractivity contribution in [2.24, 2.45) is 0 Å². The van der Waals surface area contributed by atoms with E-state index in [0.29, 0.717) is 32.7 Å². The number of rotatable bonds is 3. The molecule has 0 saturated heterocycles. The maximum absolute atomic E-state index is 12.5. The van der Waals surface area contributed by atoms with Crippen LogP contribution < -0.4 is 5.32 Å². The van der Waals surface area contributed by atoms with Crippen LogP contribution in [0.25, 0.3) is 0 Å². The van der Waals surface area contributed by atoms with Gasteiger partial charge in [0.05, 0.1) is 17.6 Å². The minimum absolute atomic E-state index is 0.154. The van der Waals surface area contributed by atoms with E-state index in [2.05, 4.69) is 22.3 Å². The summed E-state index contributed by atoms with van der Waals surface area (Å²) in [7, 11) is 4.70. The second kappa shape index (κ2) is 8.28. The highest BCUT2D eigenvalue weighted by molar-refractivity contribution is 7.80. The Morgan fingerprint density at radius 1 is 1.25 bits per heavy atom. The Morgan fingerprint density at radius 2 is 1.93 bits per heavy atom. The van der Waals surface area contributed by atoms with Gasteiger partial charge in [-0.15, -0.1) is 11.3 Å². The molecule has 0 radical (unpaired) electrons. The number of benzene rings is 1. The molecule has 8 heteroatoms. The molecule has 1 aromatic carbocycles. The highest BCUT2D eigenvalue weighted by atomic mass is 32.1. The number of fused-ring (bicyclic) bond motifs is 1. The number of carbonyl (C=O) groups is 2. The lowest BCUT2D eigenvalue weighted by molar-refractivity contribution is 0.0601. The standard InChI is InChI=1S/C20H23N3O3S2/c1-12-15(19(25)26-4)17(28-16(12)18(24)22(2)3)21-20(27)23-10-9-13-7-5-6-8-14(13)11-23/h5-8H,9-11H2,1-4H3,(H,21,27). The van der Waals surface area contributed by atoms with Crippen molar-refractivity contribution in [1.82, 2.24) is 9.80 Å². The molecule has 0 fully saturated rings. The molecule has 0 saturated carbocycles. The van der Waals surface area contributed by atoms with Crippen molar-refractivity contribution in [1.29, 1.82) is 0 Å². The van der Waals surface area contributed by atoms with Gasteiger partial charge in [0.2, 0.25) is 0 Å². The summed E-state index contributed by atoms with van der Waals surface area (Å²) in [6.07, 6.45) is 0.912. The highest BCUT2D eigenvalue weighted by Gasteiger charge is 2.27. The van der Waals surface area contributed by atoms with Gasteiger partial charge in [0.1, 0.15) is 5.00 Å². The van der Waals surface area contributed by atoms with E-state index in [-0.39, 0.29) is 5.91 Å². The lowest BCUT2D eigenvalue weighted by Gasteiger charge is -2.31. The van der Waals surface area contributed by atoms with Gasteiger partial charge in [-0.25, -0.2) is 4.79 Å². The molecule has 148 valence electrons. The fourth-order valence-corrected chi connectivity index (χ4v) is 4.74. The van der Waals surface area contributed by atoms with Gasteiger partial charge in [0, 0.05) is 27.2 Å². The summed E-state index contributed by atoms with van der Waals surface area (Å²) >= 11 is 6.84. The molecule has 1 aliphatic heterocycles. The van der Waals surface area contributed by atoms with Crippen LogP contribution in [0.5, 0.6) is 0 Å². The number of nitrogens with zero attached hydrogens (tertiary/aromatic N) is 2. The van der Waals surface area contributed by atoms with Crippen molar-refractivity contribution in [3.05, 3.63) is 51.4 Å². The molecule has 0 unspecified atom stereocenters. The SMILES string of the molecule is COC(=O)c1c(NC(=S)N2CCc3ccccc3C2)sc(C(=O)N(C)C)c1C. The third-order valence-electron chi connectivity index (χ3n) is 4.78. The summed E-state index contributed by atoms with van der Waals surface area (Å²) in [5.41, 5.74) is 3.54. The zero-order valence-corrected chi connectivity index (χ0v) is 18.0. The van der Waals surface area contributed by atoms with Crippen LogP contribution in [0.4, 0.5) is 5.00 Å². The monoisotopic (exact) mass is 417 g/mol. The Hall–Kier alpha value is -2.45. The second-order valence-corrected chi connectivity index (χ2v) is 8.23. The topological polar surface area (TPSA) is 61.9 Å². The molecule has 2 aromatic rings. The molecule has 28 heavy (non-hydrogen) atoms. The lowest BCUT2D eigenvalue weighted by Crippen LogP contribution is -2.38. The first-order valence-electron chi connectivity index (χ1n) is 8.89. The molecule has 6 nitrogen and oxygen atoms in total. The maximum Gasteiger partial charge on any atom is 0.341 e. The second-order valence-electron chi connectivity index (χ2n) is 6.82. The van der Waals surface area contributed by atoms with Gasteiger partial charge in [-0.05, 0) is 42.3 Å². The van der Waals surface area contributed by atoms with E-state index < -0.39 is 5.97 Å². The third kappa shape index (κ3) is 3.88. The lowest BCUT2D eigenvalue weighted by atomic mass is 10.0. The molecule has 2 heterocycles. The van der Waals surface area contributed by atoms with E-state index in [1.165, 1.54) is 34.5 Å². The van der Waals surface area contributed by atoms with Gasteiger partial charge in [-0.3, -0.25) is 4.79 Å². The van der Waals surface area contributed by atoms with Crippen LogP contribution >= 0.6 is 23.6 Å². The van der Waals surface area contributed by atoms with E-state index in [1.54, 1.807) is 21.0 Å². The van der Waals surface area contributed by atoms with E-state index in [1.807, 2.05) is 12.1 Å². The van der Waals surface area contributed by atoms with Gasteiger partial charge in [0.15, 0.2) is 5.11 Å². The fourth-order valence-electron chi connectivity index (χ4n) is 3.20. The number of hydrogen-bond donors (Lipinski definition) is 1.